The zero-order valence-corrected chi connectivity index (χ0v) is 16.9. The molecule has 152 valence electrons. The molecule has 4 aromatic rings. The molecule has 0 amide bonds. The van der Waals surface area contributed by atoms with Gasteiger partial charge in [0.15, 0.2) is 0 Å². The van der Waals surface area contributed by atoms with Crippen molar-refractivity contribution in [3.05, 3.63) is 89.9 Å². The van der Waals surface area contributed by atoms with Gasteiger partial charge in [-0.3, -0.25) is 4.79 Å². The van der Waals surface area contributed by atoms with Crippen molar-refractivity contribution in [3.8, 4) is 11.1 Å². The summed E-state index contributed by atoms with van der Waals surface area (Å²) in [4.78, 5) is 11.1. The number of hydrogen-bond acceptors (Lipinski definition) is 3. The summed E-state index contributed by atoms with van der Waals surface area (Å²) in [6.45, 7) is 1.71. The molecule has 0 aliphatic rings. The van der Waals surface area contributed by atoms with E-state index in [1.54, 1.807) is 37.3 Å². The maximum atomic E-state index is 13.4. The molecule has 0 saturated carbocycles. The molecule has 0 saturated heterocycles. The summed E-state index contributed by atoms with van der Waals surface area (Å²) >= 11 is 0. The lowest BCUT2D eigenvalue weighted by molar-refractivity contribution is -0.136. The van der Waals surface area contributed by atoms with Gasteiger partial charge in [0.05, 0.1) is 16.8 Å². The number of halogens is 1. The number of benzene rings is 3. The number of carboxylic acids is 1. The fraction of sp³-hybridized carbons (Fsp3) is 0.0870. The van der Waals surface area contributed by atoms with E-state index in [9.17, 15) is 17.6 Å². The fourth-order valence-corrected chi connectivity index (χ4v) is 5.30. The van der Waals surface area contributed by atoms with Gasteiger partial charge < -0.3 is 5.11 Å². The molecule has 0 bridgehead atoms. The Morgan fingerprint density at radius 2 is 1.70 bits per heavy atom. The van der Waals surface area contributed by atoms with E-state index >= 15 is 0 Å². The van der Waals surface area contributed by atoms with Gasteiger partial charge in [-0.15, -0.1) is 0 Å². The van der Waals surface area contributed by atoms with Crippen LogP contribution in [0, 0.1) is 12.7 Å². The van der Waals surface area contributed by atoms with Crippen molar-refractivity contribution in [3.63, 3.8) is 0 Å². The van der Waals surface area contributed by atoms with Crippen LogP contribution in [0.1, 0.15) is 11.3 Å². The molecule has 1 aromatic heterocycles. The van der Waals surface area contributed by atoms with Crippen molar-refractivity contribution in [1.82, 2.24) is 3.97 Å². The van der Waals surface area contributed by atoms with E-state index in [2.05, 4.69) is 0 Å². The van der Waals surface area contributed by atoms with Gasteiger partial charge in [0.25, 0.3) is 10.0 Å². The second kappa shape index (κ2) is 7.42. The van der Waals surface area contributed by atoms with Crippen LogP contribution in [0.25, 0.3) is 22.0 Å². The number of fused-ring (bicyclic) bond motifs is 1. The number of aromatic nitrogens is 1. The highest BCUT2D eigenvalue weighted by Gasteiger charge is 2.25. The Labute approximate surface area is 173 Å². The monoisotopic (exact) mass is 423 g/mol. The Kier molecular flexibility index (Phi) is 4.91. The second-order valence-electron chi connectivity index (χ2n) is 6.97. The molecule has 0 atom stereocenters. The predicted molar refractivity (Wildman–Crippen MR) is 112 cm³/mol. The molecule has 1 heterocycles. The van der Waals surface area contributed by atoms with Crippen molar-refractivity contribution in [2.75, 3.05) is 0 Å². The number of nitrogens with zero attached hydrogens (tertiary/aromatic N) is 1. The fourth-order valence-electron chi connectivity index (χ4n) is 3.74. The molecular formula is C23H18FNO4S. The van der Waals surface area contributed by atoms with E-state index in [0.29, 0.717) is 22.3 Å². The molecule has 0 radical (unpaired) electrons. The minimum Gasteiger partial charge on any atom is -0.481 e. The van der Waals surface area contributed by atoms with Gasteiger partial charge in [-0.25, -0.2) is 16.8 Å². The highest BCUT2D eigenvalue weighted by molar-refractivity contribution is 7.90. The molecule has 0 spiro atoms. The summed E-state index contributed by atoms with van der Waals surface area (Å²) in [5.41, 5.74) is 3.06. The van der Waals surface area contributed by atoms with Crippen molar-refractivity contribution < 1.29 is 22.7 Å². The molecule has 1 N–H and O–H groups in total. The van der Waals surface area contributed by atoms with Crippen molar-refractivity contribution in [2.45, 2.75) is 18.2 Å². The molecule has 4 rings (SSSR count). The SMILES string of the molecule is Cc1c(-c2cccc(CC(=O)O)c2)c2ccccc2n1S(=O)(=O)c1ccc(F)cc1. The Bertz CT molecular complexity index is 1370. The molecule has 0 aliphatic heterocycles. The van der Waals surface area contributed by atoms with Crippen molar-refractivity contribution in [2.24, 2.45) is 0 Å². The highest BCUT2D eigenvalue weighted by Crippen LogP contribution is 2.37. The van der Waals surface area contributed by atoms with Crippen molar-refractivity contribution >= 4 is 26.9 Å². The molecule has 0 unspecified atom stereocenters. The van der Waals surface area contributed by atoms with Gasteiger partial charge in [-0.05, 0) is 48.4 Å². The van der Waals surface area contributed by atoms with Gasteiger partial charge in [0.2, 0.25) is 0 Å². The second-order valence-corrected chi connectivity index (χ2v) is 8.76. The minimum absolute atomic E-state index is 0.0149. The third kappa shape index (κ3) is 3.37. The number of aliphatic carboxylic acids is 1. The topological polar surface area (TPSA) is 76.4 Å². The average molecular weight is 423 g/mol. The molecule has 30 heavy (non-hydrogen) atoms. The molecule has 3 aromatic carbocycles. The molecule has 7 heteroatoms. The lowest BCUT2D eigenvalue weighted by Gasteiger charge is -2.11. The zero-order chi connectivity index (χ0) is 21.5. The van der Waals surface area contributed by atoms with Crippen LogP contribution in [0.3, 0.4) is 0 Å². The van der Waals surface area contributed by atoms with Crippen LogP contribution in [-0.2, 0) is 21.2 Å². The van der Waals surface area contributed by atoms with Crippen LogP contribution >= 0.6 is 0 Å². The van der Waals surface area contributed by atoms with Crippen LogP contribution in [-0.4, -0.2) is 23.5 Å². The summed E-state index contributed by atoms with van der Waals surface area (Å²) in [6.07, 6.45) is -0.126. The third-order valence-corrected chi connectivity index (χ3v) is 6.80. The van der Waals surface area contributed by atoms with Gasteiger partial charge in [-0.1, -0.05) is 42.5 Å². The van der Waals surface area contributed by atoms with E-state index in [-0.39, 0.29) is 11.3 Å². The standard InChI is InChI=1S/C23H18FNO4S/c1-15-23(17-6-4-5-16(13-17)14-22(26)27)20-7-2-3-8-21(20)25(15)30(28,29)19-11-9-18(24)10-12-19/h2-13H,14H2,1H3,(H,26,27). The first kappa shape index (κ1) is 19.8. The third-order valence-electron chi connectivity index (χ3n) is 4.98. The number of carbonyl (C=O) groups is 1. The summed E-state index contributed by atoms with van der Waals surface area (Å²) in [7, 11) is -3.97. The Hall–Kier alpha value is -3.45. The van der Waals surface area contributed by atoms with Gasteiger partial charge in [-0.2, -0.15) is 0 Å². The zero-order valence-electron chi connectivity index (χ0n) is 16.0. The summed E-state index contributed by atoms with van der Waals surface area (Å²) in [6, 6.07) is 18.9. The number of para-hydroxylation sites is 1. The minimum atomic E-state index is -3.97. The quantitative estimate of drug-likeness (QED) is 0.508. The lowest BCUT2D eigenvalue weighted by Crippen LogP contribution is -2.14. The summed E-state index contributed by atoms with van der Waals surface area (Å²) in [5.74, 6) is -1.45. The van der Waals surface area contributed by atoms with Crippen LogP contribution in [0.5, 0.6) is 0 Å². The van der Waals surface area contributed by atoms with Gasteiger partial charge >= 0.3 is 5.97 Å². The number of hydrogen-bond donors (Lipinski definition) is 1. The van der Waals surface area contributed by atoms with E-state index in [1.165, 1.54) is 16.1 Å². The largest absolute Gasteiger partial charge is 0.481 e. The number of carboxylic acid groups (broad SMARTS) is 1. The first-order chi connectivity index (χ1) is 14.3. The lowest BCUT2D eigenvalue weighted by atomic mass is 9.99. The van der Waals surface area contributed by atoms with Crippen LogP contribution in [0.15, 0.2) is 77.7 Å². The molecule has 0 fully saturated rings. The van der Waals surface area contributed by atoms with E-state index in [1.807, 2.05) is 18.2 Å². The number of rotatable bonds is 5. The normalized spacial score (nSPS) is 11.7. The first-order valence-electron chi connectivity index (χ1n) is 9.21. The van der Waals surface area contributed by atoms with E-state index < -0.39 is 21.8 Å². The Morgan fingerprint density at radius 3 is 2.40 bits per heavy atom. The van der Waals surface area contributed by atoms with Gasteiger partial charge in [0, 0.05) is 16.6 Å². The molecular weight excluding hydrogens is 405 g/mol. The summed E-state index contributed by atoms with van der Waals surface area (Å²) in [5, 5.41) is 9.83. The maximum Gasteiger partial charge on any atom is 0.307 e. The van der Waals surface area contributed by atoms with Crippen LogP contribution in [0.4, 0.5) is 4.39 Å². The van der Waals surface area contributed by atoms with Crippen LogP contribution in [0.2, 0.25) is 0 Å². The molecule has 5 nitrogen and oxygen atoms in total. The smallest absolute Gasteiger partial charge is 0.307 e. The first-order valence-corrected chi connectivity index (χ1v) is 10.7. The summed E-state index contributed by atoms with van der Waals surface area (Å²) < 4.78 is 41.4. The van der Waals surface area contributed by atoms with E-state index in [4.69, 9.17) is 5.11 Å². The predicted octanol–water partition coefficient (Wildman–Crippen LogP) is 4.62. The Balaban J connectivity index is 1.98. The van der Waals surface area contributed by atoms with Gasteiger partial charge in [0.1, 0.15) is 5.82 Å². The van der Waals surface area contributed by atoms with Crippen molar-refractivity contribution in [1.29, 1.82) is 0 Å². The Morgan fingerprint density at radius 1 is 1.00 bits per heavy atom. The average Bonchev–Trinajstić information content (AvgIpc) is 3.00. The van der Waals surface area contributed by atoms with E-state index in [0.717, 1.165) is 23.1 Å². The molecule has 0 aliphatic carbocycles. The van der Waals surface area contributed by atoms with Crippen LogP contribution < -0.4 is 0 Å². The maximum absolute atomic E-state index is 13.4. The highest BCUT2D eigenvalue weighted by atomic mass is 32.2.